The number of aromatic nitrogens is 1. The SMILES string of the molecule is CN(C)C(=O)c1ccc(NC2Cc3ccccc3C2)nc1. The van der Waals surface area contributed by atoms with Gasteiger partial charge in [-0.3, -0.25) is 4.79 Å². The van der Waals surface area contributed by atoms with Crippen LogP contribution in [0.3, 0.4) is 0 Å². The van der Waals surface area contributed by atoms with Gasteiger partial charge < -0.3 is 10.2 Å². The molecular formula is C17H19N3O. The Labute approximate surface area is 124 Å². The smallest absolute Gasteiger partial charge is 0.254 e. The zero-order valence-corrected chi connectivity index (χ0v) is 12.3. The minimum absolute atomic E-state index is 0.0256. The van der Waals surface area contributed by atoms with E-state index in [2.05, 4.69) is 34.6 Å². The molecule has 1 aromatic carbocycles. The summed E-state index contributed by atoms with van der Waals surface area (Å²) in [5, 5.41) is 3.45. The number of anilines is 1. The highest BCUT2D eigenvalue weighted by molar-refractivity contribution is 5.93. The van der Waals surface area contributed by atoms with Crippen molar-refractivity contribution in [2.45, 2.75) is 18.9 Å². The van der Waals surface area contributed by atoms with E-state index in [9.17, 15) is 4.79 Å². The quantitative estimate of drug-likeness (QED) is 0.939. The first kappa shape index (κ1) is 13.6. The molecule has 3 rings (SSSR count). The summed E-state index contributed by atoms with van der Waals surface area (Å²) in [6.45, 7) is 0. The fourth-order valence-electron chi connectivity index (χ4n) is 2.73. The third kappa shape index (κ3) is 2.89. The van der Waals surface area contributed by atoms with Crippen LogP contribution in [0.15, 0.2) is 42.6 Å². The maximum absolute atomic E-state index is 11.8. The lowest BCUT2D eigenvalue weighted by atomic mass is 10.1. The normalized spacial score (nSPS) is 13.8. The summed E-state index contributed by atoms with van der Waals surface area (Å²) in [6, 6.07) is 12.6. The average molecular weight is 281 g/mol. The van der Waals surface area contributed by atoms with Gasteiger partial charge in [0.1, 0.15) is 5.82 Å². The van der Waals surface area contributed by atoms with Crippen molar-refractivity contribution in [2.75, 3.05) is 19.4 Å². The minimum atomic E-state index is -0.0256. The third-order valence-electron chi connectivity index (χ3n) is 3.82. The highest BCUT2D eigenvalue weighted by Gasteiger charge is 2.20. The molecule has 0 atom stereocenters. The summed E-state index contributed by atoms with van der Waals surface area (Å²) < 4.78 is 0. The first-order valence-electron chi connectivity index (χ1n) is 7.14. The first-order chi connectivity index (χ1) is 10.1. The average Bonchev–Trinajstić information content (AvgIpc) is 2.89. The molecule has 1 heterocycles. The van der Waals surface area contributed by atoms with Crippen molar-refractivity contribution >= 4 is 11.7 Å². The van der Waals surface area contributed by atoms with Gasteiger partial charge in [-0.05, 0) is 36.1 Å². The molecule has 0 bridgehead atoms. The van der Waals surface area contributed by atoms with E-state index >= 15 is 0 Å². The number of hydrogen-bond acceptors (Lipinski definition) is 3. The largest absolute Gasteiger partial charge is 0.367 e. The molecule has 21 heavy (non-hydrogen) atoms. The molecule has 4 heteroatoms. The summed E-state index contributed by atoms with van der Waals surface area (Å²) >= 11 is 0. The predicted octanol–water partition coefficient (Wildman–Crippen LogP) is 2.36. The number of carbonyl (C=O) groups excluding carboxylic acids is 1. The number of amides is 1. The number of hydrogen-bond donors (Lipinski definition) is 1. The van der Waals surface area contributed by atoms with Gasteiger partial charge in [0.25, 0.3) is 5.91 Å². The van der Waals surface area contributed by atoms with Gasteiger partial charge in [0.05, 0.1) is 5.56 Å². The molecular weight excluding hydrogens is 262 g/mol. The summed E-state index contributed by atoms with van der Waals surface area (Å²) in [7, 11) is 3.48. The number of rotatable bonds is 3. The highest BCUT2D eigenvalue weighted by Crippen LogP contribution is 2.23. The maximum atomic E-state index is 11.8. The van der Waals surface area contributed by atoms with E-state index in [4.69, 9.17) is 0 Å². The Hall–Kier alpha value is -2.36. The first-order valence-corrected chi connectivity index (χ1v) is 7.14. The second-order valence-corrected chi connectivity index (χ2v) is 5.65. The fraction of sp³-hybridized carbons (Fsp3) is 0.294. The Morgan fingerprint density at radius 1 is 1.14 bits per heavy atom. The number of carbonyl (C=O) groups is 1. The van der Waals surface area contributed by atoms with Crippen LogP contribution in [0.25, 0.3) is 0 Å². The molecule has 2 aromatic rings. The third-order valence-corrected chi connectivity index (χ3v) is 3.82. The Balaban J connectivity index is 1.66. The zero-order valence-electron chi connectivity index (χ0n) is 12.3. The van der Waals surface area contributed by atoms with Gasteiger partial charge >= 0.3 is 0 Å². The maximum Gasteiger partial charge on any atom is 0.254 e. The van der Waals surface area contributed by atoms with Gasteiger partial charge in [0, 0.05) is 26.3 Å². The van der Waals surface area contributed by atoms with Crippen LogP contribution in [0.4, 0.5) is 5.82 Å². The van der Waals surface area contributed by atoms with Gasteiger partial charge in [-0.2, -0.15) is 0 Å². The second-order valence-electron chi connectivity index (χ2n) is 5.65. The highest BCUT2D eigenvalue weighted by atomic mass is 16.2. The van der Waals surface area contributed by atoms with Crippen molar-refractivity contribution in [3.8, 4) is 0 Å². The van der Waals surface area contributed by atoms with E-state index in [-0.39, 0.29) is 5.91 Å². The molecule has 1 N–H and O–H groups in total. The van der Waals surface area contributed by atoms with Gasteiger partial charge in [-0.1, -0.05) is 24.3 Å². The van der Waals surface area contributed by atoms with E-state index < -0.39 is 0 Å². The molecule has 108 valence electrons. The zero-order chi connectivity index (χ0) is 14.8. The van der Waals surface area contributed by atoms with Crippen LogP contribution in [-0.2, 0) is 12.8 Å². The molecule has 0 saturated heterocycles. The Morgan fingerprint density at radius 2 is 1.81 bits per heavy atom. The topological polar surface area (TPSA) is 45.2 Å². The molecule has 0 unspecified atom stereocenters. The van der Waals surface area contributed by atoms with E-state index in [0.29, 0.717) is 11.6 Å². The Bertz CT molecular complexity index is 624. The van der Waals surface area contributed by atoms with E-state index in [1.807, 2.05) is 12.1 Å². The number of pyridine rings is 1. The van der Waals surface area contributed by atoms with Crippen molar-refractivity contribution in [3.63, 3.8) is 0 Å². The van der Waals surface area contributed by atoms with E-state index in [0.717, 1.165) is 18.7 Å². The lowest BCUT2D eigenvalue weighted by Gasteiger charge is -2.14. The monoisotopic (exact) mass is 281 g/mol. The number of nitrogens with zero attached hydrogens (tertiary/aromatic N) is 2. The van der Waals surface area contributed by atoms with Crippen LogP contribution in [0.5, 0.6) is 0 Å². The van der Waals surface area contributed by atoms with Crippen molar-refractivity contribution < 1.29 is 4.79 Å². The van der Waals surface area contributed by atoms with E-state index in [1.54, 1.807) is 25.2 Å². The fourth-order valence-corrected chi connectivity index (χ4v) is 2.73. The molecule has 0 saturated carbocycles. The molecule has 0 fully saturated rings. The van der Waals surface area contributed by atoms with Crippen LogP contribution >= 0.6 is 0 Å². The van der Waals surface area contributed by atoms with Crippen molar-refractivity contribution in [1.29, 1.82) is 0 Å². The van der Waals surface area contributed by atoms with Gasteiger partial charge in [0.2, 0.25) is 0 Å². The van der Waals surface area contributed by atoms with Crippen LogP contribution < -0.4 is 5.32 Å². The Kier molecular flexibility index (Phi) is 3.60. The lowest BCUT2D eigenvalue weighted by Crippen LogP contribution is -2.23. The molecule has 4 nitrogen and oxygen atoms in total. The molecule has 1 aliphatic rings. The molecule has 1 amide bonds. The summed E-state index contributed by atoms with van der Waals surface area (Å²) in [5.41, 5.74) is 3.43. The number of benzene rings is 1. The van der Waals surface area contributed by atoms with Crippen molar-refractivity contribution in [3.05, 3.63) is 59.3 Å². The number of fused-ring (bicyclic) bond motifs is 1. The van der Waals surface area contributed by atoms with Crippen molar-refractivity contribution in [2.24, 2.45) is 0 Å². The summed E-state index contributed by atoms with van der Waals surface area (Å²) in [6.07, 6.45) is 3.68. The van der Waals surface area contributed by atoms with Gasteiger partial charge in [-0.15, -0.1) is 0 Å². The van der Waals surface area contributed by atoms with Gasteiger partial charge in [0.15, 0.2) is 0 Å². The molecule has 1 aromatic heterocycles. The summed E-state index contributed by atoms with van der Waals surface area (Å²) in [4.78, 5) is 17.7. The van der Waals surface area contributed by atoms with Crippen LogP contribution in [0.2, 0.25) is 0 Å². The second kappa shape index (κ2) is 5.56. The molecule has 0 radical (unpaired) electrons. The van der Waals surface area contributed by atoms with E-state index in [1.165, 1.54) is 11.1 Å². The van der Waals surface area contributed by atoms with Gasteiger partial charge in [-0.25, -0.2) is 4.98 Å². The lowest BCUT2D eigenvalue weighted by molar-refractivity contribution is 0.0827. The van der Waals surface area contributed by atoms with Crippen LogP contribution in [-0.4, -0.2) is 35.9 Å². The number of nitrogens with one attached hydrogen (secondary N) is 1. The van der Waals surface area contributed by atoms with Crippen molar-refractivity contribution in [1.82, 2.24) is 9.88 Å². The Morgan fingerprint density at radius 3 is 2.33 bits per heavy atom. The molecule has 0 spiro atoms. The minimum Gasteiger partial charge on any atom is -0.367 e. The summed E-state index contributed by atoms with van der Waals surface area (Å²) in [5.74, 6) is 0.797. The van der Waals surface area contributed by atoms with Crippen LogP contribution in [0.1, 0.15) is 21.5 Å². The van der Waals surface area contributed by atoms with Crippen LogP contribution in [0, 0.1) is 0 Å². The molecule has 1 aliphatic carbocycles. The standard InChI is InChI=1S/C17H19N3O/c1-20(2)17(21)14-7-8-16(18-11-14)19-15-9-12-5-3-4-6-13(12)10-15/h3-8,11,15H,9-10H2,1-2H3,(H,18,19). The predicted molar refractivity (Wildman–Crippen MR) is 83.5 cm³/mol. The molecule has 0 aliphatic heterocycles.